The summed E-state index contributed by atoms with van der Waals surface area (Å²) in [5.41, 5.74) is 2.41. The second-order valence-electron chi connectivity index (χ2n) is 5.29. The maximum atomic E-state index is 11.9. The molecule has 4 nitrogen and oxygen atoms in total. The fourth-order valence-electron chi connectivity index (χ4n) is 3.45. The molecular weight excluding hydrogens is 242 g/mol. The minimum Gasteiger partial charge on any atom is -0.497 e. The fraction of sp³-hybridized carbons (Fsp3) is 0.533. The van der Waals surface area contributed by atoms with Gasteiger partial charge in [-0.25, -0.2) is 0 Å². The van der Waals surface area contributed by atoms with Crippen LogP contribution in [-0.4, -0.2) is 26.2 Å². The molecule has 102 valence electrons. The normalized spacial score (nSPS) is 28.0. The Morgan fingerprint density at radius 2 is 2.16 bits per heavy atom. The lowest BCUT2D eigenvalue weighted by Gasteiger charge is -2.32. The summed E-state index contributed by atoms with van der Waals surface area (Å²) in [5, 5.41) is 3.50. The van der Waals surface area contributed by atoms with Crippen molar-refractivity contribution in [3.8, 4) is 5.75 Å². The van der Waals surface area contributed by atoms with Crippen LogP contribution in [0.1, 0.15) is 30.7 Å². The maximum absolute atomic E-state index is 11.9. The molecule has 1 fully saturated rings. The van der Waals surface area contributed by atoms with Gasteiger partial charge in [-0.05, 0) is 24.5 Å². The molecule has 19 heavy (non-hydrogen) atoms. The van der Waals surface area contributed by atoms with Crippen molar-refractivity contribution in [2.24, 2.45) is 5.92 Å². The number of rotatable bonds is 2. The van der Waals surface area contributed by atoms with Gasteiger partial charge in [0.2, 0.25) is 0 Å². The minimum atomic E-state index is -0.0954. The third-order valence-electron chi connectivity index (χ3n) is 4.38. The van der Waals surface area contributed by atoms with Crippen LogP contribution in [0.5, 0.6) is 5.75 Å². The molecule has 0 bridgehead atoms. The Hall–Kier alpha value is -1.71. The van der Waals surface area contributed by atoms with Crippen LogP contribution in [0, 0.1) is 5.92 Å². The van der Waals surface area contributed by atoms with Crippen LogP contribution in [0.4, 0.5) is 5.69 Å². The van der Waals surface area contributed by atoms with Crippen molar-refractivity contribution in [3.63, 3.8) is 0 Å². The minimum absolute atomic E-state index is 0.0397. The topological polar surface area (TPSA) is 47.6 Å². The van der Waals surface area contributed by atoms with Crippen molar-refractivity contribution in [1.82, 2.24) is 0 Å². The van der Waals surface area contributed by atoms with Crippen molar-refractivity contribution in [2.45, 2.75) is 31.2 Å². The van der Waals surface area contributed by atoms with Crippen molar-refractivity contribution >= 4 is 11.7 Å². The van der Waals surface area contributed by atoms with E-state index in [1.165, 1.54) is 12.7 Å². The van der Waals surface area contributed by atoms with Gasteiger partial charge in [0.05, 0.1) is 20.1 Å². The molecule has 3 atom stereocenters. The predicted molar refractivity (Wildman–Crippen MR) is 72.5 cm³/mol. The molecule has 0 amide bonds. The second-order valence-corrected chi connectivity index (χ2v) is 5.29. The summed E-state index contributed by atoms with van der Waals surface area (Å²) in [6.45, 7) is 0. The molecule has 1 aromatic carbocycles. The highest BCUT2D eigenvalue weighted by Crippen LogP contribution is 2.47. The van der Waals surface area contributed by atoms with E-state index in [-0.39, 0.29) is 17.9 Å². The Morgan fingerprint density at radius 3 is 2.89 bits per heavy atom. The molecule has 3 rings (SSSR count). The Kier molecular flexibility index (Phi) is 3.09. The molecule has 1 saturated carbocycles. The molecule has 0 saturated heterocycles. The number of esters is 1. The summed E-state index contributed by atoms with van der Waals surface area (Å²) in [7, 11) is 3.14. The van der Waals surface area contributed by atoms with Crippen LogP contribution in [0.25, 0.3) is 0 Å². The third-order valence-corrected chi connectivity index (χ3v) is 4.38. The average Bonchev–Trinajstić information content (AvgIpc) is 2.83. The lowest BCUT2D eigenvalue weighted by Crippen LogP contribution is -2.39. The zero-order chi connectivity index (χ0) is 13.4. The first kappa shape index (κ1) is 12.3. The van der Waals surface area contributed by atoms with Crippen LogP contribution in [-0.2, 0) is 9.53 Å². The second kappa shape index (κ2) is 4.76. The van der Waals surface area contributed by atoms with E-state index in [0.717, 1.165) is 30.7 Å². The van der Waals surface area contributed by atoms with E-state index in [9.17, 15) is 4.79 Å². The molecule has 3 unspecified atom stereocenters. The monoisotopic (exact) mass is 261 g/mol. The molecule has 1 aliphatic carbocycles. The number of hydrogen-bond donors (Lipinski definition) is 1. The van der Waals surface area contributed by atoms with Crippen LogP contribution < -0.4 is 10.1 Å². The highest BCUT2D eigenvalue weighted by atomic mass is 16.5. The van der Waals surface area contributed by atoms with Crippen LogP contribution in [0.2, 0.25) is 0 Å². The van der Waals surface area contributed by atoms with Gasteiger partial charge in [0.15, 0.2) is 0 Å². The van der Waals surface area contributed by atoms with Gasteiger partial charge in [-0.2, -0.15) is 0 Å². The highest BCUT2D eigenvalue weighted by Gasteiger charge is 2.43. The number of carbonyl (C=O) groups is 1. The van der Waals surface area contributed by atoms with Crippen LogP contribution >= 0.6 is 0 Å². The summed E-state index contributed by atoms with van der Waals surface area (Å²) in [6.07, 6.45) is 3.12. The van der Waals surface area contributed by atoms with Crippen LogP contribution in [0.3, 0.4) is 0 Å². The van der Waals surface area contributed by atoms with E-state index in [4.69, 9.17) is 9.47 Å². The van der Waals surface area contributed by atoms with Gasteiger partial charge in [-0.15, -0.1) is 0 Å². The van der Waals surface area contributed by atoms with Gasteiger partial charge < -0.3 is 14.8 Å². The van der Waals surface area contributed by atoms with Gasteiger partial charge in [0.25, 0.3) is 0 Å². The van der Waals surface area contributed by atoms with Crippen molar-refractivity contribution in [3.05, 3.63) is 23.8 Å². The molecule has 1 N–H and O–H groups in total. The Labute approximate surface area is 113 Å². The zero-order valence-corrected chi connectivity index (χ0v) is 11.3. The first-order valence-corrected chi connectivity index (χ1v) is 6.77. The van der Waals surface area contributed by atoms with E-state index in [0.29, 0.717) is 5.92 Å². The first-order valence-electron chi connectivity index (χ1n) is 6.77. The first-order chi connectivity index (χ1) is 9.24. The average molecular weight is 261 g/mol. The third kappa shape index (κ3) is 1.95. The zero-order valence-electron chi connectivity index (χ0n) is 11.3. The lowest BCUT2D eigenvalue weighted by molar-refractivity contribution is -0.147. The molecule has 2 aliphatic rings. The SMILES string of the molecule is COC(=O)C1CCCC2c3ccc(OC)cc3NC12. The van der Waals surface area contributed by atoms with E-state index in [1.807, 2.05) is 12.1 Å². The number of carbonyl (C=O) groups excluding carboxylic acids is 1. The molecule has 1 aromatic rings. The molecule has 0 aromatic heterocycles. The maximum Gasteiger partial charge on any atom is 0.310 e. The number of nitrogens with one attached hydrogen (secondary N) is 1. The van der Waals surface area contributed by atoms with Gasteiger partial charge in [0.1, 0.15) is 5.75 Å². The number of methoxy groups -OCH3 is 2. The van der Waals surface area contributed by atoms with E-state index in [2.05, 4.69) is 11.4 Å². The number of ether oxygens (including phenoxy) is 2. The van der Waals surface area contributed by atoms with E-state index < -0.39 is 0 Å². The molecule has 0 radical (unpaired) electrons. The Morgan fingerprint density at radius 1 is 1.32 bits per heavy atom. The Bertz CT molecular complexity index is 500. The molecule has 1 aliphatic heterocycles. The quantitative estimate of drug-likeness (QED) is 0.831. The standard InChI is InChI=1S/C15H19NO3/c1-18-9-6-7-10-11-4-3-5-12(15(17)19-2)14(11)16-13(10)8-9/h6-8,11-12,14,16H,3-5H2,1-2H3. The fourth-order valence-corrected chi connectivity index (χ4v) is 3.45. The molecule has 0 spiro atoms. The Balaban J connectivity index is 1.91. The summed E-state index contributed by atoms with van der Waals surface area (Å²) in [5.74, 6) is 1.13. The summed E-state index contributed by atoms with van der Waals surface area (Å²) in [4.78, 5) is 11.9. The van der Waals surface area contributed by atoms with E-state index in [1.54, 1.807) is 7.11 Å². The highest BCUT2D eigenvalue weighted by molar-refractivity contribution is 5.76. The van der Waals surface area contributed by atoms with Gasteiger partial charge >= 0.3 is 5.97 Å². The molecular formula is C15H19NO3. The summed E-state index contributed by atoms with van der Waals surface area (Å²) < 4.78 is 10.2. The smallest absolute Gasteiger partial charge is 0.310 e. The van der Waals surface area contributed by atoms with Gasteiger partial charge in [-0.1, -0.05) is 12.5 Å². The molecule has 4 heteroatoms. The van der Waals surface area contributed by atoms with Gasteiger partial charge in [-0.3, -0.25) is 4.79 Å². The predicted octanol–water partition coefficient (Wildman–Crippen LogP) is 2.55. The van der Waals surface area contributed by atoms with E-state index >= 15 is 0 Å². The van der Waals surface area contributed by atoms with Gasteiger partial charge in [0, 0.05) is 23.7 Å². The summed E-state index contributed by atoms with van der Waals surface area (Å²) >= 11 is 0. The van der Waals surface area contributed by atoms with Crippen molar-refractivity contribution in [2.75, 3.05) is 19.5 Å². The number of hydrogen-bond acceptors (Lipinski definition) is 4. The van der Waals surface area contributed by atoms with Crippen molar-refractivity contribution in [1.29, 1.82) is 0 Å². The lowest BCUT2D eigenvalue weighted by atomic mass is 9.76. The van der Waals surface area contributed by atoms with Crippen molar-refractivity contribution < 1.29 is 14.3 Å². The summed E-state index contributed by atoms with van der Waals surface area (Å²) in [6, 6.07) is 6.29. The number of fused-ring (bicyclic) bond motifs is 3. The number of anilines is 1. The largest absolute Gasteiger partial charge is 0.497 e. The molecule has 1 heterocycles. The van der Waals surface area contributed by atoms with Crippen LogP contribution in [0.15, 0.2) is 18.2 Å². The number of benzene rings is 1.